The van der Waals surface area contributed by atoms with Crippen LogP contribution in [0.25, 0.3) is 0 Å². The summed E-state index contributed by atoms with van der Waals surface area (Å²) >= 11 is 0. The lowest BCUT2D eigenvalue weighted by atomic mass is 9.93. The first-order chi connectivity index (χ1) is 18.0. The number of rotatable bonds is 10. The third-order valence-electron chi connectivity index (χ3n) is 7.46. The molecule has 1 aliphatic carbocycles. The highest BCUT2D eigenvalue weighted by atomic mass is 16.5. The van der Waals surface area contributed by atoms with Crippen molar-refractivity contribution in [3.63, 3.8) is 0 Å². The quantitative estimate of drug-likeness (QED) is 0.395. The molecule has 1 unspecified atom stereocenters. The van der Waals surface area contributed by atoms with E-state index in [-0.39, 0.29) is 35.7 Å². The van der Waals surface area contributed by atoms with Gasteiger partial charge in [0.25, 0.3) is 5.91 Å². The van der Waals surface area contributed by atoms with Gasteiger partial charge in [-0.05, 0) is 63.6 Å². The van der Waals surface area contributed by atoms with Crippen molar-refractivity contribution in [1.29, 1.82) is 0 Å². The maximum absolute atomic E-state index is 13.9. The fourth-order valence-corrected chi connectivity index (χ4v) is 5.17. The Hall–Kier alpha value is -2.69. The molecule has 1 saturated heterocycles. The molecule has 2 heterocycles. The molecule has 3 amide bonds. The van der Waals surface area contributed by atoms with Crippen LogP contribution >= 0.6 is 0 Å². The molecule has 1 saturated carbocycles. The molecule has 10 nitrogen and oxygen atoms in total. The Labute approximate surface area is 225 Å². The van der Waals surface area contributed by atoms with Gasteiger partial charge in [0, 0.05) is 51.1 Å². The van der Waals surface area contributed by atoms with E-state index in [1.54, 1.807) is 39.7 Å². The van der Waals surface area contributed by atoms with Gasteiger partial charge in [0.15, 0.2) is 5.60 Å². The van der Waals surface area contributed by atoms with Crippen LogP contribution in [0, 0.1) is 11.8 Å². The van der Waals surface area contributed by atoms with Crippen LogP contribution < -0.4 is 25.2 Å². The van der Waals surface area contributed by atoms with Crippen molar-refractivity contribution >= 4 is 29.1 Å². The minimum absolute atomic E-state index is 0.00220. The standard InChI is InChI=1S/C28H42N4O6/c1-17(2)24(33)25(34)30-19-13-18(15-29-16-19)26(35)32(20-7-8-20)21-9-10-23-22(14-21)31(11-6-12-37-5)27(36)28(3,4)38-23/h9-10,14,17-20,24,29,33H,6-8,11-13,15-16H2,1-5H3,(H,30,34)/t18-,19+,24?/m1/s1. The first kappa shape index (κ1) is 28.3. The van der Waals surface area contributed by atoms with Crippen LogP contribution in [-0.2, 0) is 19.1 Å². The summed E-state index contributed by atoms with van der Waals surface area (Å²) in [7, 11) is 1.64. The van der Waals surface area contributed by atoms with Gasteiger partial charge in [-0.25, -0.2) is 0 Å². The minimum atomic E-state index is -1.08. The Balaban J connectivity index is 1.54. The van der Waals surface area contributed by atoms with E-state index in [1.165, 1.54) is 0 Å². The topological polar surface area (TPSA) is 120 Å². The van der Waals surface area contributed by atoms with E-state index in [4.69, 9.17) is 9.47 Å². The lowest BCUT2D eigenvalue weighted by Gasteiger charge is -2.40. The van der Waals surface area contributed by atoms with E-state index in [9.17, 15) is 19.5 Å². The maximum Gasteiger partial charge on any atom is 0.270 e. The van der Waals surface area contributed by atoms with E-state index in [2.05, 4.69) is 10.6 Å². The zero-order valence-corrected chi connectivity index (χ0v) is 23.2. The average molecular weight is 531 g/mol. The largest absolute Gasteiger partial charge is 0.476 e. The molecule has 2 fully saturated rings. The van der Waals surface area contributed by atoms with Gasteiger partial charge >= 0.3 is 0 Å². The van der Waals surface area contributed by atoms with Crippen LogP contribution in [0.3, 0.4) is 0 Å². The van der Waals surface area contributed by atoms with Crippen molar-refractivity contribution in [1.82, 2.24) is 10.6 Å². The van der Waals surface area contributed by atoms with Gasteiger partial charge in [-0.15, -0.1) is 0 Å². The zero-order chi connectivity index (χ0) is 27.6. The molecule has 1 aromatic carbocycles. The highest BCUT2D eigenvalue weighted by Crippen LogP contribution is 2.42. The first-order valence-electron chi connectivity index (χ1n) is 13.7. The Bertz CT molecular complexity index is 1040. The van der Waals surface area contributed by atoms with Crippen LogP contribution in [-0.4, -0.2) is 80.0 Å². The molecule has 2 aliphatic heterocycles. The fourth-order valence-electron chi connectivity index (χ4n) is 5.17. The average Bonchev–Trinajstić information content (AvgIpc) is 3.71. The van der Waals surface area contributed by atoms with E-state index < -0.39 is 17.6 Å². The number of amides is 3. The van der Waals surface area contributed by atoms with Crippen molar-refractivity contribution in [3.8, 4) is 5.75 Å². The number of piperidine rings is 1. The summed E-state index contributed by atoms with van der Waals surface area (Å²) < 4.78 is 11.2. The number of nitrogens with zero attached hydrogens (tertiary/aromatic N) is 2. The van der Waals surface area contributed by atoms with Crippen molar-refractivity contribution in [2.24, 2.45) is 11.8 Å². The Morgan fingerprint density at radius 1 is 1.29 bits per heavy atom. The van der Waals surface area contributed by atoms with Gasteiger partial charge in [0.1, 0.15) is 11.9 Å². The van der Waals surface area contributed by atoms with Gasteiger partial charge in [0.2, 0.25) is 11.8 Å². The summed E-state index contributed by atoms with van der Waals surface area (Å²) in [5, 5.41) is 16.3. The van der Waals surface area contributed by atoms with Crippen molar-refractivity contribution < 1.29 is 29.0 Å². The monoisotopic (exact) mass is 530 g/mol. The summed E-state index contributed by atoms with van der Waals surface area (Å²) in [6, 6.07) is 5.49. The number of ether oxygens (including phenoxy) is 2. The lowest BCUT2D eigenvalue weighted by Crippen LogP contribution is -2.55. The molecular weight excluding hydrogens is 488 g/mol. The van der Waals surface area contributed by atoms with Crippen LogP contribution in [0.1, 0.15) is 53.4 Å². The molecule has 0 aromatic heterocycles. The first-order valence-corrected chi connectivity index (χ1v) is 13.7. The highest BCUT2D eigenvalue weighted by molar-refractivity contribution is 6.04. The summed E-state index contributed by atoms with van der Waals surface area (Å²) in [5.41, 5.74) is 0.422. The van der Waals surface area contributed by atoms with Crippen LogP contribution in [0.2, 0.25) is 0 Å². The number of methoxy groups -OCH3 is 1. The SMILES string of the molecule is COCCCN1C(=O)C(C)(C)Oc2ccc(N(C(=O)[C@H]3CNC[C@@H](NC(=O)C(O)C(C)C)C3)C3CC3)cc21. The number of carbonyl (C=O) groups excluding carboxylic acids is 3. The number of carbonyl (C=O) groups is 3. The summed E-state index contributed by atoms with van der Waals surface area (Å²) in [6.07, 6.45) is 1.94. The number of aliphatic hydroxyl groups excluding tert-OH is 1. The second kappa shape index (κ2) is 11.6. The summed E-state index contributed by atoms with van der Waals surface area (Å²) in [4.78, 5) is 43.1. The minimum Gasteiger partial charge on any atom is -0.476 e. The van der Waals surface area contributed by atoms with Gasteiger partial charge in [-0.1, -0.05) is 13.8 Å². The third kappa shape index (κ3) is 6.13. The zero-order valence-electron chi connectivity index (χ0n) is 23.2. The smallest absolute Gasteiger partial charge is 0.270 e. The number of anilines is 2. The molecule has 1 aromatic rings. The van der Waals surface area contributed by atoms with Gasteiger partial charge in [-0.3, -0.25) is 14.4 Å². The van der Waals surface area contributed by atoms with Crippen molar-refractivity contribution in [2.75, 3.05) is 43.2 Å². The molecule has 0 spiro atoms. The maximum atomic E-state index is 13.9. The molecule has 3 atom stereocenters. The number of hydrogen-bond acceptors (Lipinski definition) is 7. The number of aliphatic hydroxyl groups is 1. The number of nitrogens with one attached hydrogen (secondary N) is 2. The lowest BCUT2D eigenvalue weighted by molar-refractivity contribution is -0.133. The van der Waals surface area contributed by atoms with E-state index in [0.29, 0.717) is 50.5 Å². The molecule has 4 rings (SSSR count). The van der Waals surface area contributed by atoms with Crippen molar-refractivity contribution in [3.05, 3.63) is 18.2 Å². The third-order valence-corrected chi connectivity index (χ3v) is 7.46. The number of fused-ring (bicyclic) bond motifs is 1. The molecule has 210 valence electrons. The summed E-state index contributed by atoms with van der Waals surface area (Å²) in [6.45, 7) is 9.21. The predicted molar refractivity (Wildman–Crippen MR) is 144 cm³/mol. The van der Waals surface area contributed by atoms with Crippen LogP contribution in [0.5, 0.6) is 5.75 Å². The summed E-state index contributed by atoms with van der Waals surface area (Å²) in [5.74, 6) is -0.427. The van der Waals surface area contributed by atoms with E-state index in [1.807, 2.05) is 23.1 Å². The Morgan fingerprint density at radius 2 is 2.03 bits per heavy atom. The van der Waals surface area contributed by atoms with Crippen LogP contribution in [0.4, 0.5) is 11.4 Å². The van der Waals surface area contributed by atoms with E-state index >= 15 is 0 Å². The highest BCUT2D eigenvalue weighted by Gasteiger charge is 2.43. The second-order valence-corrected chi connectivity index (χ2v) is 11.5. The normalized spacial score (nSPS) is 23.4. The van der Waals surface area contributed by atoms with Gasteiger partial charge < -0.3 is 35.0 Å². The predicted octanol–water partition coefficient (Wildman–Crippen LogP) is 1.83. The molecule has 38 heavy (non-hydrogen) atoms. The molecule has 3 N–H and O–H groups in total. The number of hydrogen-bond donors (Lipinski definition) is 3. The molecule has 3 aliphatic rings. The molecule has 10 heteroatoms. The van der Waals surface area contributed by atoms with Crippen LogP contribution in [0.15, 0.2) is 18.2 Å². The van der Waals surface area contributed by atoms with Gasteiger partial charge in [-0.2, -0.15) is 0 Å². The number of benzene rings is 1. The van der Waals surface area contributed by atoms with Gasteiger partial charge in [0.05, 0.1) is 11.6 Å². The fraction of sp³-hybridized carbons (Fsp3) is 0.679. The molecule has 0 radical (unpaired) electrons. The molecular formula is C28H42N4O6. The Kier molecular flexibility index (Phi) is 8.64. The Morgan fingerprint density at radius 3 is 2.68 bits per heavy atom. The van der Waals surface area contributed by atoms with Crippen molar-refractivity contribution in [2.45, 2.75) is 77.2 Å². The second-order valence-electron chi connectivity index (χ2n) is 11.5. The molecule has 0 bridgehead atoms. The van der Waals surface area contributed by atoms with E-state index in [0.717, 1.165) is 18.5 Å².